The number of hydrogen-bond donors (Lipinski definition) is 2. The van der Waals surface area contributed by atoms with Crippen LogP contribution < -0.4 is 15.4 Å². The molecule has 178 valence electrons. The third-order valence-electron chi connectivity index (χ3n) is 4.70. The molecule has 0 spiro atoms. The summed E-state index contributed by atoms with van der Waals surface area (Å²) >= 11 is 1.22. The Hall–Kier alpha value is -3.86. The van der Waals surface area contributed by atoms with Crippen molar-refractivity contribution in [2.75, 3.05) is 24.8 Å². The maximum atomic E-state index is 12.3. The highest BCUT2D eigenvalue weighted by molar-refractivity contribution is 7.99. The first-order valence-corrected chi connectivity index (χ1v) is 11.4. The van der Waals surface area contributed by atoms with Gasteiger partial charge in [0.25, 0.3) is 5.91 Å². The zero-order valence-electron chi connectivity index (χ0n) is 19.0. The normalized spacial score (nSPS) is 10.4. The SMILES string of the molecule is CCOC(=O)c1ccc(NC(=O)CSc2nnc(CNC(=O)c3ccc(OC)cc3)n2C)cc1. The minimum Gasteiger partial charge on any atom is -0.497 e. The summed E-state index contributed by atoms with van der Waals surface area (Å²) in [5.74, 6) is 0.460. The first-order chi connectivity index (χ1) is 16.4. The molecule has 0 saturated heterocycles. The van der Waals surface area contributed by atoms with Crippen molar-refractivity contribution in [3.63, 3.8) is 0 Å². The summed E-state index contributed by atoms with van der Waals surface area (Å²) in [6.07, 6.45) is 0. The van der Waals surface area contributed by atoms with Crippen LogP contribution in [0.4, 0.5) is 5.69 Å². The number of ether oxygens (including phenoxy) is 2. The van der Waals surface area contributed by atoms with Crippen molar-refractivity contribution < 1.29 is 23.9 Å². The predicted octanol–water partition coefficient (Wildman–Crippen LogP) is 2.66. The van der Waals surface area contributed by atoms with E-state index in [0.717, 1.165) is 0 Å². The molecule has 34 heavy (non-hydrogen) atoms. The molecule has 3 aromatic rings. The first-order valence-electron chi connectivity index (χ1n) is 10.4. The fourth-order valence-electron chi connectivity index (χ4n) is 2.86. The lowest BCUT2D eigenvalue weighted by Gasteiger charge is -2.08. The summed E-state index contributed by atoms with van der Waals surface area (Å²) in [5, 5.41) is 14.3. The molecule has 0 saturated carbocycles. The minimum atomic E-state index is -0.408. The Bertz CT molecular complexity index is 1150. The van der Waals surface area contributed by atoms with Crippen molar-refractivity contribution in [3.8, 4) is 5.75 Å². The second kappa shape index (κ2) is 11.8. The molecule has 0 aliphatic heterocycles. The Balaban J connectivity index is 1.48. The van der Waals surface area contributed by atoms with E-state index in [0.29, 0.717) is 40.2 Å². The van der Waals surface area contributed by atoms with Crippen molar-refractivity contribution in [2.24, 2.45) is 7.05 Å². The fourth-order valence-corrected chi connectivity index (χ4v) is 3.59. The Morgan fingerprint density at radius 2 is 1.68 bits per heavy atom. The number of rotatable bonds is 10. The average Bonchev–Trinajstić information content (AvgIpc) is 3.21. The van der Waals surface area contributed by atoms with Crippen LogP contribution in [-0.4, -0.2) is 52.0 Å². The van der Waals surface area contributed by atoms with Gasteiger partial charge in [-0.1, -0.05) is 11.8 Å². The second-order valence-electron chi connectivity index (χ2n) is 7.00. The fraction of sp³-hybridized carbons (Fsp3) is 0.261. The van der Waals surface area contributed by atoms with Crippen LogP contribution in [-0.2, 0) is 23.1 Å². The quantitative estimate of drug-likeness (QED) is 0.333. The molecule has 0 aliphatic carbocycles. The summed E-state index contributed by atoms with van der Waals surface area (Å²) in [5.41, 5.74) is 1.49. The van der Waals surface area contributed by atoms with E-state index in [1.54, 1.807) is 74.2 Å². The van der Waals surface area contributed by atoms with E-state index in [1.165, 1.54) is 11.8 Å². The van der Waals surface area contributed by atoms with Gasteiger partial charge in [0.15, 0.2) is 11.0 Å². The lowest BCUT2D eigenvalue weighted by molar-refractivity contribution is -0.113. The Morgan fingerprint density at radius 3 is 2.32 bits per heavy atom. The smallest absolute Gasteiger partial charge is 0.338 e. The van der Waals surface area contributed by atoms with Crippen LogP contribution in [0.15, 0.2) is 53.7 Å². The van der Waals surface area contributed by atoms with E-state index in [9.17, 15) is 14.4 Å². The van der Waals surface area contributed by atoms with Crippen LogP contribution in [0, 0.1) is 0 Å². The van der Waals surface area contributed by atoms with Crippen LogP contribution in [0.25, 0.3) is 0 Å². The number of benzene rings is 2. The highest BCUT2D eigenvalue weighted by Crippen LogP contribution is 2.17. The lowest BCUT2D eigenvalue weighted by Crippen LogP contribution is -2.24. The van der Waals surface area contributed by atoms with Gasteiger partial charge in [-0.3, -0.25) is 9.59 Å². The number of thioether (sulfide) groups is 1. The Kier molecular flexibility index (Phi) is 8.63. The van der Waals surface area contributed by atoms with Crippen LogP contribution in [0.2, 0.25) is 0 Å². The average molecular weight is 484 g/mol. The number of anilines is 1. The van der Waals surface area contributed by atoms with E-state index in [2.05, 4.69) is 20.8 Å². The van der Waals surface area contributed by atoms with Crippen LogP contribution >= 0.6 is 11.8 Å². The van der Waals surface area contributed by atoms with Gasteiger partial charge in [-0.15, -0.1) is 10.2 Å². The summed E-state index contributed by atoms with van der Waals surface area (Å²) < 4.78 is 11.8. The number of nitrogens with one attached hydrogen (secondary N) is 2. The van der Waals surface area contributed by atoms with Gasteiger partial charge in [-0.2, -0.15) is 0 Å². The highest BCUT2D eigenvalue weighted by atomic mass is 32.2. The number of methoxy groups -OCH3 is 1. The monoisotopic (exact) mass is 483 g/mol. The van der Waals surface area contributed by atoms with Gasteiger partial charge in [0.2, 0.25) is 5.91 Å². The molecule has 11 heteroatoms. The van der Waals surface area contributed by atoms with Gasteiger partial charge in [-0.05, 0) is 55.5 Å². The molecule has 0 fully saturated rings. The number of carbonyl (C=O) groups excluding carboxylic acids is 3. The van der Waals surface area contributed by atoms with E-state index < -0.39 is 5.97 Å². The van der Waals surface area contributed by atoms with Gasteiger partial charge >= 0.3 is 5.97 Å². The minimum absolute atomic E-state index is 0.115. The number of hydrogen-bond acceptors (Lipinski definition) is 8. The number of aromatic nitrogens is 3. The van der Waals surface area contributed by atoms with E-state index in [1.807, 2.05) is 0 Å². The topological polar surface area (TPSA) is 124 Å². The molecule has 0 radical (unpaired) electrons. The van der Waals surface area contributed by atoms with Crippen LogP contribution in [0.3, 0.4) is 0 Å². The molecule has 2 aromatic carbocycles. The van der Waals surface area contributed by atoms with Gasteiger partial charge in [0.05, 0.1) is 31.6 Å². The van der Waals surface area contributed by atoms with E-state index >= 15 is 0 Å². The Labute approximate surface area is 201 Å². The van der Waals surface area contributed by atoms with Gasteiger partial charge < -0.3 is 24.7 Å². The third-order valence-corrected chi connectivity index (χ3v) is 5.72. The van der Waals surface area contributed by atoms with Crippen molar-refractivity contribution >= 4 is 35.2 Å². The summed E-state index contributed by atoms with van der Waals surface area (Å²) in [4.78, 5) is 36.3. The molecule has 0 atom stereocenters. The van der Waals surface area contributed by atoms with Crippen LogP contribution in [0.1, 0.15) is 33.5 Å². The highest BCUT2D eigenvalue weighted by Gasteiger charge is 2.14. The lowest BCUT2D eigenvalue weighted by atomic mass is 10.2. The molecular weight excluding hydrogens is 458 g/mol. The molecule has 2 amide bonds. The molecule has 2 N–H and O–H groups in total. The van der Waals surface area contributed by atoms with Crippen molar-refractivity contribution in [2.45, 2.75) is 18.6 Å². The standard InChI is InChI=1S/C23H25N5O5S/c1-4-33-22(31)16-5-9-17(10-6-16)25-20(29)14-34-23-27-26-19(28(23)2)13-24-21(30)15-7-11-18(32-3)12-8-15/h5-12H,4,13-14H2,1-3H3,(H,24,30)(H,25,29). The van der Waals surface area contributed by atoms with E-state index in [-0.39, 0.29) is 24.1 Å². The Morgan fingerprint density at radius 1 is 1.00 bits per heavy atom. The van der Waals surface area contributed by atoms with E-state index in [4.69, 9.17) is 9.47 Å². The van der Waals surface area contributed by atoms with Crippen molar-refractivity contribution in [1.82, 2.24) is 20.1 Å². The maximum Gasteiger partial charge on any atom is 0.338 e. The van der Waals surface area contributed by atoms with Crippen molar-refractivity contribution in [3.05, 3.63) is 65.5 Å². The zero-order valence-corrected chi connectivity index (χ0v) is 19.8. The molecular formula is C23H25N5O5S. The van der Waals surface area contributed by atoms with Crippen LogP contribution in [0.5, 0.6) is 5.75 Å². The second-order valence-corrected chi connectivity index (χ2v) is 7.95. The molecule has 1 heterocycles. The molecule has 1 aromatic heterocycles. The first kappa shape index (κ1) is 24.8. The number of amides is 2. The summed E-state index contributed by atoms with van der Waals surface area (Å²) in [6, 6.07) is 13.2. The predicted molar refractivity (Wildman–Crippen MR) is 127 cm³/mol. The zero-order chi connectivity index (χ0) is 24.5. The van der Waals surface area contributed by atoms with Gasteiger partial charge in [-0.25, -0.2) is 4.79 Å². The third kappa shape index (κ3) is 6.58. The number of nitrogens with zero attached hydrogens (tertiary/aromatic N) is 3. The maximum absolute atomic E-state index is 12.3. The number of carbonyl (C=O) groups is 3. The molecule has 0 bridgehead atoms. The molecule has 0 unspecified atom stereocenters. The molecule has 3 rings (SSSR count). The molecule has 10 nitrogen and oxygen atoms in total. The van der Waals surface area contributed by atoms with Crippen molar-refractivity contribution in [1.29, 1.82) is 0 Å². The summed E-state index contributed by atoms with van der Waals surface area (Å²) in [7, 11) is 3.33. The molecule has 0 aliphatic rings. The summed E-state index contributed by atoms with van der Waals surface area (Å²) in [6.45, 7) is 2.23. The van der Waals surface area contributed by atoms with Gasteiger partial charge in [0, 0.05) is 18.3 Å². The number of esters is 1. The van der Waals surface area contributed by atoms with Gasteiger partial charge in [0.1, 0.15) is 5.75 Å². The largest absolute Gasteiger partial charge is 0.497 e.